The Labute approximate surface area is 120 Å². The number of thiophene rings is 1. The minimum atomic E-state index is 0.726. The van der Waals surface area contributed by atoms with Gasteiger partial charge in [0.15, 0.2) is 0 Å². The number of benzene rings is 1. The van der Waals surface area contributed by atoms with Crippen molar-refractivity contribution in [2.24, 2.45) is 0 Å². The van der Waals surface area contributed by atoms with Gasteiger partial charge in [-0.25, -0.2) is 0 Å². The lowest BCUT2D eigenvalue weighted by Crippen LogP contribution is -1.96. The lowest BCUT2D eigenvalue weighted by Gasteiger charge is -2.05. The number of hydrogen-bond acceptors (Lipinski definition) is 2. The Balaban J connectivity index is 2.02. The normalized spacial score (nSPS) is 10.4. The topological polar surface area (TPSA) is 12.0 Å². The second kappa shape index (κ2) is 5.54. The van der Waals surface area contributed by atoms with E-state index in [1.165, 1.54) is 4.88 Å². The van der Waals surface area contributed by atoms with Crippen molar-refractivity contribution in [2.45, 2.75) is 6.54 Å². The van der Waals surface area contributed by atoms with Crippen LogP contribution in [0.4, 0.5) is 5.69 Å². The van der Waals surface area contributed by atoms with Crippen LogP contribution in [0, 0.1) is 0 Å². The first-order valence-corrected chi connectivity index (χ1v) is 7.41. The van der Waals surface area contributed by atoms with E-state index in [4.69, 9.17) is 11.6 Å². The first kappa shape index (κ1) is 12.4. The van der Waals surface area contributed by atoms with E-state index in [1.54, 1.807) is 11.3 Å². The van der Waals surface area contributed by atoms with Gasteiger partial charge in [0.05, 0.1) is 5.02 Å². The summed E-state index contributed by atoms with van der Waals surface area (Å²) >= 11 is 14.5. The SMILES string of the molecule is Clc1ccc(NCc2cc(Br)cs2)cc1Br. The summed E-state index contributed by atoms with van der Waals surface area (Å²) in [6, 6.07) is 7.93. The average Bonchev–Trinajstić information content (AvgIpc) is 2.66. The van der Waals surface area contributed by atoms with Crippen molar-refractivity contribution < 1.29 is 0 Å². The first-order valence-electron chi connectivity index (χ1n) is 4.57. The fourth-order valence-corrected chi connectivity index (χ4v) is 3.13. The second-order valence-corrected chi connectivity index (χ2v) is 6.39. The van der Waals surface area contributed by atoms with Crippen molar-refractivity contribution in [3.8, 4) is 0 Å². The molecule has 0 fully saturated rings. The highest BCUT2D eigenvalue weighted by molar-refractivity contribution is 9.10. The van der Waals surface area contributed by atoms with E-state index in [1.807, 2.05) is 18.2 Å². The maximum absolute atomic E-state index is 5.92. The van der Waals surface area contributed by atoms with Crippen molar-refractivity contribution in [1.82, 2.24) is 0 Å². The summed E-state index contributed by atoms with van der Waals surface area (Å²) < 4.78 is 2.04. The second-order valence-electron chi connectivity index (χ2n) is 3.21. The fraction of sp³-hybridized carbons (Fsp3) is 0.0909. The highest BCUT2D eigenvalue weighted by atomic mass is 79.9. The zero-order valence-corrected chi connectivity index (χ0v) is 12.9. The maximum Gasteiger partial charge on any atom is 0.0549 e. The molecule has 1 nitrogen and oxygen atoms in total. The molecule has 5 heteroatoms. The van der Waals surface area contributed by atoms with Crippen molar-refractivity contribution in [3.63, 3.8) is 0 Å². The Kier molecular flexibility index (Phi) is 4.30. The van der Waals surface area contributed by atoms with Gasteiger partial charge in [-0.3, -0.25) is 0 Å². The average molecular weight is 382 g/mol. The predicted molar refractivity (Wildman–Crippen MR) is 78.5 cm³/mol. The third-order valence-electron chi connectivity index (χ3n) is 2.01. The molecule has 0 bridgehead atoms. The Morgan fingerprint density at radius 1 is 1.25 bits per heavy atom. The minimum absolute atomic E-state index is 0.726. The van der Waals surface area contributed by atoms with Crippen LogP contribution in [0.5, 0.6) is 0 Å². The standard InChI is InChI=1S/C11H8Br2ClNS/c12-7-3-9(16-6-7)5-15-8-1-2-11(14)10(13)4-8/h1-4,6,15H,5H2. The van der Waals surface area contributed by atoms with Gasteiger partial charge in [-0.15, -0.1) is 11.3 Å². The Bertz CT molecular complexity index is 498. The fourth-order valence-electron chi connectivity index (χ4n) is 1.24. The van der Waals surface area contributed by atoms with Crippen molar-refractivity contribution in [3.05, 3.63) is 48.5 Å². The molecule has 0 radical (unpaired) electrons. The van der Waals surface area contributed by atoms with Crippen LogP contribution in [-0.4, -0.2) is 0 Å². The van der Waals surface area contributed by atoms with Crippen LogP contribution in [0.1, 0.15) is 4.88 Å². The van der Waals surface area contributed by atoms with E-state index in [9.17, 15) is 0 Å². The van der Waals surface area contributed by atoms with Gasteiger partial charge in [-0.1, -0.05) is 11.6 Å². The molecule has 0 aliphatic heterocycles. The lowest BCUT2D eigenvalue weighted by molar-refractivity contribution is 1.19. The van der Waals surface area contributed by atoms with Crippen LogP contribution in [0.15, 0.2) is 38.6 Å². The van der Waals surface area contributed by atoms with Crippen molar-refractivity contribution in [1.29, 1.82) is 0 Å². The molecule has 0 spiro atoms. The summed E-state index contributed by atoms with van der Waals surface area (Å²) in [5, 5.41) is 6.15. The molecule has 84 valence electrons. The minimum Gasteiger partial charge on any atom is -0.380 e. The van der Waals surface area contributed by atoms with Gasteiger partial charge in [-0.05, 0) is 56.1 Å². The molecule has 0 unspecified atom stereocenters. The molecule has 1 N–H and O–H groups in total. The zero-order chi connectivity index (χ0) is 11.5. The van der Waals surface area contributed by atoms with E-state index in [-0.39, 0.29) is 0 Å². The van der Waals surface area contributed by atoms with Gasteiger partial charge < -0.3 is 5.32 Å². The van der Waals surface area contributed by atoms with E-state index in [0.717, 1.165) is 26.2 Å². The third-order valence-corrected chi connectivity index (χ3v) is 4.92. The van der Waals surface area contributed by atoms with Gasteiger partial charge in [0.2, 0.25) is 0 Å². The predicted octanol–water partition coefficient (Wildman–Crippen LogP) is 5.54. The number of anilines is 1. The molecule has 0 amide bonds. The van der Waals surface area contributed by atoms with Crippen LogP contribution in [-0.2, 0) is 6.54 Å². The molecule has 0 aliphatic rings. The summed E-state index contributed by atoms with van der Waals surface area (Å²) in [5.74, 6) is 0. The zero-order valence-electron chi connectivity index (χ0n) is 8.14. The summed E-state index contributed by atoms with van der Waals surface area (Å²) in [5.41, 5.74) is 1.06. The van der Waals surface area contributed by atoms with Crippen molar-refractivity contribution in [2.75, 3.05) is 5.32 Å². The number of rotatable bonds is 3. The molecule has 0 saturated carbocycles. The largest absolute Gasteiger partial charge is 0.380 e. The van der Waals surface area contributed by atoms with E-state index in [0.29, 0.717) is 0 Å². The van der Waals surface area contributed by atoms with E-state index < -0.39 is 0 Å². The lowest BCUT2D eigenvalue weighted by atomic mass is 10.3. The van der Waals surface area contributed by atoms with Crippen molar-refractivity contribution >= 4 is 60.5 Å². The van der Waals surface area contributed by atoms with Gasteiger partial charge in [0, 0.05) is 31.4 Å². The van der Waals surface area contributed by atoms with Gasteiger partial charge in [0.1, 0.15) is 0 Å². The molecule has 1 aromatic heterocycles. The van der Waals surface area contributed by atoms with Crippen LogP contribution in [0.25, 0.3) is 0 Å². The quantitative estimate of drug-likeness (QED) is 0.736. The van der Waals surface area contributed by atoms with Crippen LogP contribution < -0.4 is 5.32 Å². The molecule has 2 rings (SSSR count). The Hall–Kier alpha value is -0.0300. The molecule has 0 atom stereocenters. The molecule has 0 saturated heterocycles. The number of halogens is 3. The van der Waals surface area contributed by atoms with Crippen LogP contribution in [0.3, 0.4) is 0 Å². The van der Waals surface area contributed by atoms with E-state index >= 15 is 0 Å². The summed E-state index contributed by atoms with van der Waals surface area (Å²) in [7, 11) is 0. The van der Waals surface area contributed by atoms with Crippen LogP contribution in [0.2, 0.25) is 5.02 Å². The molecule has 1 heterocycles. The smallest absolute Gasteiger partial charge is 0.0549 e. The third kappa shape index (κ3) is 3.23. The molecular weight excluding hydrogens is 373 g/mol. The highest BCUT2D eigenvalue weighted by Gasteiger charge is 2.00. The van der Waals surface area contributed by atoms with Gasteiger partial charge in [0.25, 0.3) is 0 Å². The molecular formula is C11H8Br2ClNS. The molecule has 0 aliphatic carbocycles. The number of hydrogen-bond donors (Lipinski definition) is 1. The molecule has 2 aromatic rings. The monoisotopic (exact) mass is 379 g/mol. The summed E-state index contributed by atoms with van der Waals surface area (Å²) in [6.07, 6.45) is 0. The highest BCUT2D eigenvalue weighted by Crippen LogP contribution is 2.26. The maximum atomic E-state index is 5.92. The van der Waals surface area contributed by atoms with E-state index in [2.05, 4.69) is 48.6 Å². The molecule has 16 heavy (non-hydrogen) atoms. The Morgan fingerprint density at radius 3 is 2.69 bits per heavy atom. The first-order chi connectivity index (χ1) is 7.65. The summed E-state index contributed by atoms with van der Waals surface area (Å²) in [6.45, 7) is 0.824. The van der Waals surface area contributed by atoms with Crippen LogP contribution >= 0.6 is 54.8 Å². The molecule has 1 aromatic carbocycles. The van der Waals surface area contributed by atoms with Gasteiger partial charge >= 0.3 is 0 Å². The van der Waals surface area contributed by atoms with Gasteiger partial charge in [-0.2, -0.15) is 0 Å². The Morgan fingerprint density at radius 2 is 2.06 bits per heavy atom. The number of nitrogens with one attached hydrogen (secondary N) is 1. The summed E-state index contributed by atoms with van der Waals surface area (Å²) in [4.78, 5) is 1.29.